The highest BCUT2D eigenvalue weighted by molar-refractivity contribution is 5.25. The molecule has 2 heterocycles. The van der Waals surface area contributed by atoms with Crippen molar-refractivity contribution in [2.45, 2.75) is 25.4 Å². The molecule has 0 amide bonds. The summed E-state index contributed by atoms with van der Waals surface area (Å²) in [6.45, 7) is 2.51. The Labute approximate surface area is 118 Å². The Hall–Kier alpha value is -1.98. The molecule has 104 valence electrons. The summed E-state index contributed by atoms with van der Waals surface area (Å²) >= 11 is 0. The van der Waals surface area contributed by atoms with Crippen molar-refractivity contribution in [1.82, 2.24) is 9.97 Å². The number of ether oxygens (including phenoxy) is 2. The van der Waals surface area contributed by atoms with Crippen molar-refractivity contribution < 1.29 is 9.47 Å². The standard InChI is InChI=1S/C15H17N3O2/c1-2-15(12-7-4-3-5-8-12)19-11-13(20-15)18-14-16-9-6-10-17-14/h3-10,13H,2,11H2,1H3,(H,16,17,18). The molecule has 2 aromatic rings. The second-order valence-electron chi connectivity index (χ2n) is 4.61. The molecule has 0 aliphatic carbocycles. The molecule has 2 atom stereocenters. The van der Waals surface area contributed by atoms with Crippen LogP contribution in [0.2, 0.25) is 0 Å². The number of nitrogens with one attached hydrogen (secondary N) is 1. The average Bonchev–Trinajstić information content (AvgIpc) is 2.94. The summed E-state index contributed by atoms with van der Waals surface area (Å²) in [5.74, 6) is -0.144. The third-order valence-electron chi connectivity index (χ3n) is 3.34. The van der Waals surface area contributed by atoms with Gasteiger partial charge < -0.3 is 14.8 Å². The molecule has 0 spiro atoms. The topological polar surface area (TPSA) is 56.3 Å². The largest absolute Gasteiger partial charge is 0.341 e. The molecule has 1 saturated heterocycles. The molecule has 0 radical (unpaired) electrons. The second-order valence-corrected chi connectivity index (χ2v) is 4.61. The van der Waals surface area contributed by atoms with E-state index in [0.717, 1.165) is 12.0 Å². The zero-order chi connectivity index (χ0) is 13.8. The smallest absolute Gasteiger partial charge is 0.224 e. The fourth-order valence-corrected chi connectivity index (χ4v) is 2.33. The molecule has 1 aliphatic rings. The minimum atomic E-state index is -0.687. The molecule has 1 fully saturated rings. The van der Waals surface area contributed by atoms with Gasteiger partial charge in [-0.15, -0.1) is 0 Å². The van der Waals surface area contributed by atoms with Gasteiger partial charge in [-0.3, -0.25) is 0 Å². The Kier molecular flexibility index (Phi) is 3.62. The number of rotatable bonds is 4. The zero-order valence-electron chi connectivity index (χ0n) is 11.3. The fourth-order valence-electron chi connectivity index (χ4n) is 2.33. The maximum Gasteiger partial charge on any atom is 0.224 e. The fraction of sp³-hybridized carbons (Fsp3) is 0.333. The van der Waals surface area contributed by atoms with E-state index in [1.54, 1.807) is 18.5 Å². The lowest BCUT2D eigenvalue weighted by molar-refractivity contribution is -0.176. The number of benzene rings is 1. The molecule has 5 nitrogen and oxygen atoms in total. The summed E-state index contributed by atoms with van der Waals surface area (Å²) < 4.78 is 12.0. The van der Waals surface area contributed by atoms with Crippen molar-refractivity contribution in [3.63, 3.8) is 0 Å². The minimum absolute atomic E-state index is 0.252. The van der Waals surface area contributed by atoms with Gasteiger partial charge in [-0.05, 0) is 6.07 Å². The molecule has 5 heteroatoms. The van der Waals surface area contributed by atoms with Crippen LogP contribution in [0.3, 0.4) is 0 Å². The quantitative estimate of drug-likeness (QED) is 0.926. The van der Waals surface area contributed by atoms with E-state index in [1.165, 1.54) is 0 Å². The number of hydrogen-bond donors (Lipinski definition) is 1. The Morgan fingerprint density at radius 1 is 1.20 bits per heavy atom. The first-order valence-corrected chi connectivity index (χ1v) is 6.73. The Morgan fingerprint density at radius 3 is 2.65 bits per heavy atom. The first kappa shape index (κ1) is 13.0. The third kappa shape index (κ3) is 2.50. The molecular weight excluding hydrogens is 254 g/mol. The van der Waals surface area contributed by atoms with Crippen LogP contribution in [0.25, 0.3) is 0 Å². The van der Waals surface area contributed by atoms with Gasteiger partial charge >= 0.3 is 0 Å². The first-order valence-electron chi connectivity index (χ1n) is 6.73. The molecule has 1 aliphatic heterocycles. The van der Waals surface area contributed by atoms with Gasteiger partial charge in [-0.2, -0.15) is 0 Å². The van der Waals surface area contributed by atoms with Gasteiger partial charge in [0.1, 0.15) is 0 Å². The molecule has 0 saturated carbocycles. The van der Waals surface area contributed by atoms with E-state index < -0.39 is 5.79 Å². The summed E-state index contributed by atoms with van der Waals surface area (Å²) in [7, 11) is 0. The highest BCUT2D eigenvalue weighted by Crippen LogP contribution is 2.37. The normalized spacial score (nSPS) is 25.6. The van der Waals surface area contributed by atoms with Crippen molar-refractivity contribution in [3.05, 3.63) is 54.4 Å². The lowest BCUT2D eigenvalue weighted by atomic mass is 10.0. The molecule has 1 N–H and O–H groups in total. The van der Waals surface area contributed by atoms with Gasteiger partial charge in [0.25, 0.3) is 0 Å². The summed E-state index contributed by atoms with van der Waals surface area (Å²) in [4.78, 5) is 8.26. The summed E-state index contributed by atoms with van der Waals surface area (Å²) in [5, 5.41) is 3.13. The van der Waals surface area contributed by atoms with Gasteiger partial charge in [0.2, 0.25) is 5.95 Å². The van der Waals surface area contributed by atoms with E-state index in [1.807, 2.05) is 37.3 Å². The lowest BCUT2D eigenvalue weighted by Crippen LogP contribution is -2.29. The van der Waals surface area contributed by atoms with Gasteiger partial charge in [-0.25, -0.2) is 9.97 Å². The summed E-state index contributed by atoms with van der Waals surface area (Å²) in [6.07, 6.45) is 3.87. The minimum Gasteiger partial charge on any atom is -0.341 e. The highest BCUT2D eigenvalue weighted by atomic mass is 16.8. The van der Waals surface area contributed by atoms with Gasteiger partial charge in [-0.1, -0.05) is 37.3 Å². The third-order valence-corrected chi connectivity index (χ3v) is 3.34. The Morgan fingerprint density at radius 2 is 1.95 bits per heavy atom. The Balaban J connectivity index is 1.74. The number of nitrogens with zero attached hydrogens (tertiary/aromatic N) is 2. The van der Waals surface area contributed by atoms with Crippen LogP contribution in [-0.4, -0.2) is 22.8 Å². The maximum atomic E-state index is 6.07. The van der Waals surface area contributed by atoms with Crippen LogP contribution in [0.1, 0.15) is 18.9 Å². The van der Waals surface area contributed by atoms with E-state index in [9.17, 15) is 0 Å². The molecule has 2 unspecified atom stereocenters. The molecular formula is C15H17N3O2. The molecule has 1 aromatic carbocycles. The highest BCUT2D eigenvalue weighted by Gasteiger charge is 2.41. The SMILES string of the molecule is CCC1(c2ccccc2)OCC(Nc2ncccn2)O1. The van der Waals surface area contributed by atoms with Crippen LogP contribution in [0, 0.1) is 0 Å². The number of anilines is 1. The Bertz CT molecular complexity index is 550. The van der Waals surface area contributed by atoms with E-state index >= 15 is 0 Å². The molecule has 1 aromatic heterocycles. The number of aromatic nitrogens is 2. The van der Waals surface area contributed by atoms with Crippen LogP contribution >= 0.6 is 0 Å². The van der Waals surface area contributed by atoms with Crippen LogP contribution in [-0.2, 0) is 15.3 Å². The summed E-state index contributed by atoms with van der Waals surface area (Å²) in [6, 6.07) is 11.8. The van der Waals surface area contributed by atoms with Gasteiger partial charge in [0.15, 0.2) is 12.0 Å². The van der Waals surface area contributed by atoms with Crippen molar-refractivity contribution >= 4 is 5.95 Å². The monoisotopic (exact) mass is 271 g/mol. The van der Waals surface area contributed by atoms with E-state index in [0.29, 0.717) is 12.6 Å². The van der Waals surface area contributed by atoms with Crippen molar-refractivity contribution in [3.8, 4) is 0 Å². The van der Waals surface area contributed by atoms with Crippen LogP contribution in [0.15, 0.2) is 48.8 Å². The lowest BCUT2D eigenvalue weighted by Gasteiger charge is -2.27. The van der Waals surface area contributed by atoms with Crippen LogP contribution < -0.4 is 5.32 Å². The van der Waals surface area contributed by atoms with E-state index in [2.05, 4.69) is 15.3 Å². The van der Waals surface area contributed by atoms with Gasteiger partial charge in [0, 0.05) is 24.4 Å². The van der Waals surface area contributed by atoms with E-state index in [4.69, 9.17) is 9.47 Å². The number of hydrogen-bond acceptors (Lipinski definition) is 5. The molecule has 20 heavy (non-hydrogen) atoms. The summed E-state index contributed by atoms with van der Waals surface area (Å²) in [5.41, 5.74) is 1.03. The van der Waals surface area contributed by atoms with Crippen LogP contribution in [0.4, 0.5) is 5.95 Å². The average molecular weight is 271 g/mol. The van der Waals surface area contributed by atoms with Gasteiger partial charge in [0.05, 0.1) is 6.61 Å². The molecule has 3 rings (SSSR count). The van der Waals surface area contributed by atoms with Crippen molar-refractivity contribution in [2.24, 2.45) is 0 Å². The first-order chi connectivity index (χ1) is 9.82. The zero-order valence-corrected chi connectivity index (χ0v) is 11.3. The van der Waals surface area contributed by atoms with Crippen molar-refractivity contribution in [2.75, 3.05) is 11.9 Å². The predicted octanol–water partition coefficient (Wildman–Crippen LogP) is 2.52. The predicted molar refractivity (Wildman–Crippen MR) is 74.9 cm³/mol. The van der Waals surface area contributed by atoms with Crippen LogP contribution in [0.5, 0.6) is 0 Å². The van der Waals surface area contributed by atoms with Crippen molar-refractivity contribution in [1.29, 1.82) is 0 Å². The second kappa shape index (κ2) is 5.56. The van der Waals surface area contributed by atoms with E-state index in [-0.39, 0.29) is 6.23 Å². The maximum absolute atomic E-state index is 6.07. The molecule has 0 bridgehead atoms.